The van der Waals surface area contributed by atoms with Crippen molar-refractivity contribution < 1.29 is 9.21 Å². The first-order valence-corrected chi connectivity index (χ1v) is 9.52. The van der Waals surface area contributed by atoms with Gasteiger partial charge in [-0.3, -0.25) is 4.79 Å². The second-order valence-corrected chi connectivity index (χ2v) is 8.32. The van der Waals surface area contributed by atoms with Gasteiger partial charge in [0, 0.05) is 29.4 Å². The van der Waals surface area contributed by atoms with Crippen molar-refractivity contribution in [1.82, 2.24) is 9.97 Å². The van der Waals surface area contributed by atoms with E-state index in [4.69, 9.17) is 4.42 Å². The second kappa shape index (κ2) is 6.82. The van der Waals surface area contributed by atoms with Crippen LogP contribution in [-0.2, 0) is 11.2 Å². The molecule has 7 heteroatoms. The van der Waals surface area contributed by atoms with Crippen molar-refractivity contribution in [1.29, 1.82) is 0 Å². The standard InChI is InChI=1S/C21H25N5O2/c1-12(2)11-22-18-17-15(7-8-28-17)25-20(26-18)23-14-6-5-13-10-21(3,4)19(27)24-16(13)9-14/h5-9,12H,10-11H2,1-4H3,(H,24,27)(H2,22,23,25,26). The lowest BCUT2D eigenvalue weighted by Gasteiger charge is -2.30. The Balaban J connectivity index is 1.62. The Kier molecular flexibility index (Phi) is 4.45. The molecule has 7 nitrogen and oxygen atoms in total. The van der Waals surface area contributed by atoms with Gasteiger partial charge >= 0.3 is 0 Å². The summed E-state index contributed by atoms with van der Waals surface area (Å²) in [7, 11) is 0. The van der Waals surface area contributed by atoms with Gasteiger partial charge < -0.3 is 20.4 Å². The number of fused-ring (bicyclic) bond motifs is 2. The minimum absolute atomic E-state index is 0.0355. The molecule has 0 saturated carbocycles. The number of carbonyl (C=O) groups is 1. The van der Waals surface area contributed by atoms with Crippen LogP contribution < -0.4 is 16.0 Å². The first-order chi connectivity index (χ1) is 13.3. The molecule has 0 fully saturated rings. The minimum Gasteiger partial charge on any atom is -0.459 e. The van der Waals surface area contributed by atoms with E-state index in [1.165, 1.54) is 0 Å². The highest BCUT2D eigenvalue weighted by Crippen LogP contribution is 2.35. The van der Waals surface area contributed by atoms with Gasteiger partial charge in [0.15, 0.2) is 11.4 Å². The van der Waals surface area contributed by atoms with E-state index in [0.717, 1.165) is 35.4 Å². The summed E-state index contributed by atoms with van der Waals surface area (Å²) in [5.74, 6) is 1.65. The van der Waals surface area contributed by atoms with Crippen molar-refractivity contribution in [3.8, 4) is 0 Å². The van der Waals surface area contributed by atoms with E-state index < -0.39 is 5.41 Å². The first-order valence-electron chi connectivity index (χ1n) is 9.52. The van der Waals surface area contributed by atoms with Gasteiger partial charge in [-0.25, -0.2) is 4.98 Å². The molecule has 1 aliphatic heterocycles. The summed E-state index contributed by atoms with van der Waals surface area (Å²) in [6.07, 6.45) is 2.33. The van der Waals surface area contributed by atoms with Crippen LogP contribution >= 0.6 is 0 Å². The van der Waals surface area contributed by atoms with Crippen LogP contribution in [0.4, 0.5) is 23.1 Å². The summed E-state index contributed by atoms with van der Waals surface area (Å²) in [6.45, 7) is 8.96. The van der Waals surface area contributed by atoms with Crippen LogP contribution in [-0.4, -0.2) is 22.4 Å². The number of anilines is 4. The van der Waals surface area contributed by atoms with Crippen LogP contribution in [0, 0.1) is 11.3 Å². The van der Waals surface area contributed by atoms with Gasteiger partial charge in [0.2, 0.25) is 11.9 Å². The van der Waals surface area contributed by atoms with Gasteiger partial charge in [0.25, 0.3) is 0 Å². The summed E-state index contributed by atoms with van der Waals surface area (Å²) >= 11 is 0. The summed E-state index contributed by atoms with van der Waals surface area (Å²) in [5, 5.41) is 9.57. The van der Waals surface area contributed by atoms with Crippen molar-refractivity contribution in [3.63, 3.8) is 0 Å². The van der Waals surface area contributed by atoms with E-state index in [0.29, 0.717) is 23.3 Å². The lowest BCUT2D eigenvalue weighted by Crippen LogP contribution is -2.37. The maximum Gasteiger partial charge on any atom is 0.230 e. The monoisotopic (exact) mass is 379 g/mol. The molecule has 0 saturated heterocycles. The van der Waals surface area contributed by atoms with Gasteiger partial charge in [-0.15, -0.1) is 0 Å². The van der Waals surface area contributed by atoms with Crippen molar-refractivity contribution in [2.24, 2.45) is 11.3 Å². The maximum absolute atomic E-state index is 12.3. The Bertz CT molecular complexity index is 1040. The highest BCUT2D eigenvalue weighted by molar-refractivity contribution is 5.98. The van der Waals surface area contributed by atoms with Gasteiger partial charge in [0.05, 0.1) is 6.26 Å². The Morgan fingerprint density at radius 1 is 1.25 bits per heavy atom. The average molecular weight is 379 g/mol. The third-order valence-corrected chi connectivity index (χ3v) is 4.84. The fourth-order valence-electron chi connectivity index (χ4n) is 3.24. The molecule has 28 heavy (non-hydrogen) atoms. The number of benzene rings is 1. The molecule has 1 aromatic carbocycles. The quantitative estimate of drug-likeness (QED) is 0.602. The van der Waals surface area contributed by atoms with Crippen molar-refractivity contribution in [2.45, 2.75) is 34.1 Å². The van der Waals surface area contributed by atoms with E-state index >= 15 is 0 Å². The van der Waals surface area contributed by atoms with Crippen LogP contribution in [0.1, 0.15) is 33.3 Å². The van der Waals surface area contributed by atoms with E-state index in [1.807, 2.05) is 38.1 Å². The molecule has 3 heterocycles. The third kappa shape index (κ3) is 3.52. The van der Waals surface area contributed by atoms with Crippen molar-refractivity contribution in [3.05, 3.63) is 36.1 Å². The number of aromatic nitrogens is 2. The largest absolute Gasteiger partial charge is 0.459 e. The van der Waals surface area contributed by atoms with Gasteiger partial charge in [0.1, 0.15) is 5.52 Å². The molecule has 0 unspecified atom stereocenters. The molecular formula is C21H25N5O2. The van der Waals surface area contributed by atoms with Crippen LogP contribution in [0.5, 0.6) is 0 Å². The van der Waals surface area contributed by atoms with Gasteiger partial charge in [-0.05, 0) is 30.0 Å². The Morgan fingerprint density at radius 2 is 2.07 bits per heavy atom. The first kappa shape index (κ1) is 18.3. The topological polar surface area (TPSA) is 92.1 Å². The van der Waals surface area contributed by atoms with Crippen LogP contribution in [0.15, 0.2) is 34.9 Å². The molecule has 146 valence electrons. The molecule has 0 aliphatic carbocycles. The molecule has 2 aromatic heterocycles. The fourth-order valence-corrected chi connectivity index (χ4v) is 3.24. The number of rotatable bonds is 5. The Morgan fingerprint density at radius 3 is 2.86 bits per heavy atom. The summed E-state index contributed by atoms with van der Waals surface area (Å²) in [6, 6.07) is 7.76. The van der Waals surface area contributed by atoms with Gasteiger partial charge in [-0.1, -0.05) is 33.8 Å². The smallest absolute Gasteiger partial charge is 0.230 e. The zero-order valence-corrected chi connectivity index (χ0v) is 16.6. The molecule has 4 rings (SSSR count). The second-order valence-electron chi connectivity index (χ2n) is 8.32. The number of hydrogen-bond donors (Lipinski definition) is 3. The SMILES string of the molecule is CC(C)CNc1nc(Nc2ccc3c(c2)NC(=O)C(C)(C)C3)nc2ccoc12. The normalized spacial score (nSPS) is 15.4. The van der Waals surface area contributed by atoms with Crippen molar-refractivity contribution >= 4 is 40.1 Å². The highest BCUT2D eigenvalue weighted by atomic mass is 16.3. The number of carbonyl (C=O) groups excluding carboxylic acids is 1. The predicted molar refractivity (Wildman–Crippen MR) is 111 cm³/mol. The van der Waals surface area contributed by atoms with E-state index in [-0.39, 0.29) is 5.91 Å². The number of furan rings is 1. The summed E-state index contributed by atoms with van der Waals surface area (Å²) < 4.78 is 5.53. The Hall–Kier alpha value is -3.09. The number of amides is 1. The zero-order valence-electron chi connectivity index (χ0n) is 16.6. The molecule has 3 aromatic rings. The lowest BCUT2D eigenvalue weighted by molar-refractivity contribution is -0.124. The fraction of sp³-hybridized carbons (Fsp3) is 0.381. The van der Waals surface area contributed by atoms with E-state index in [9.17, 15) is 4.79 Å². The molecule has 0 bridgehead atoms. The third-order valence-electron chi connectivity index (χ3n) is 4.84. The van der Waals surface area contributed by atoms with Crippen LogP contribution in [0.2, 0.25) is 0 Å². The van der Waals surface area contributed by atoms with Crippen LogP contribution in [0.25, 0.3) is 11.1 Å². The van der Waals surface area contributed by atoms with Crippen LogP contribution in [0.3, 0.4) is 0 Å². The average Bonchev–Trinajstić information content (AvgIpc) is 3.09. The predicted octanol–water partition coefficient (Wildman–Crippen LogP) is 4.56. The molecular weight excluding hydrogens is 354 g/mol. The highest BCUT2D eigenvalue weighted by Gasteiger charge is 2.33. The molecule has 1 amide bonds. The minimum atomic E-state index is -0.394. The molecule has 0 atom stereocenters. The zero-order chi connectivity index (χ0) is 19.9. The number of nitrogens with zero attached hydrogens (tertiary/aromatic N) is 2. The molecule has 3 N–H and O–H groups in total. The summed E-state index contributed by atoms with van der Waals surface area (Å²) in [5.41, 5.74) is 3.76. The van der Waals surface area contributed by atoms with E-state index in [1.54, 1.807) is 6.26 Å². The lowest BCUT2D eigenvalue weighted by atomic mass is 9.81. The molecule has 0 radical (unpaired) electrons. The summed E-state index contributed by atoms with van der Waals surface area (Å²) in [4.78, 5) is 21.4. The maximum atomic E-state index is 12.3. The molecule has 0 spiro atoms. The Labute approximate surface area is 163 Å². The van der Waals surface area contributed by atoms with Gasteiger partial charge in [-0.2, -0.15) is 4.98 Å². The van der Waals surface area contributed by atoms with E-state index in [2.05, 4.69) is 39.8 Å². The molecule has 1 aliphatic rings. The van der Waals surface area contributed by atoms with Crippen molar-refractivity contribution in [2.75, 3.05) is 22.5 Å². The number of nitrogens with one attached hydrogen (secondary N) is 3. The number of hydrogen-bond acceptors (Lipinski definition) is 6.